The number of hydrogen-bond donors (Lipinski definition) is 1. The fourth-order valence-electron chi connectivity index (χ4n) is 1.70. The Hall–Kier alpha value is -0.840. The zero-order valence-corrected chi connectivity index (χ0v) is 14.2. The van der Waals surface area contributed by atoms with Crippen molar-refractivity contribution in [3.8, 4) is 0 Å². The van der Waals surface area contributed by atoms with Crippen LogP contribution in [0.3, 0.4) is 0 Å². The van der Waals surface area contributed by atoms with Crippen molar-refractivity contribution in [3.63, 3.8) is 0 Å². The predicted octanol–water partition coefficient (Wildman–Crippen LogP) is 4.63. The Labute approximate surface area is 130 Å². The molecule has 2 aromatic rings. The summed E-state index contributed by atoms with van der Waals surface area (Å²) in [6.07, 6.45) is 2.00. The van der Waals surface area contributed by atoms with Gasteiger partial charge in [0.25, 0.3) is 0 Å². The molecule has 0 aliphatic carbocycles. The Morgan fingerprint density at radius 3 is 2.80 bits per heavy atom. The molecule has 0 bridgehead atoms. The van der Waals surface area contributed by atoms with E-state index in [-0.39, 0.29) is 5.54 Å². The molecule has 0 amide bonds. The molecule has 1 heterocycles. The average molecular weight is 307 g/mol. The largest absolute Gasteiger partial charge is 0.307 e. The summed E-state index contributed by atoms with van der Waals surface area (Å²) in [6.45, 7) is 9.58. The van der Waals surface area contributed by atoms with Crippen LogP contribution in [0.25, 0.3) is 0 Å². The van der Waals surface area contributed by atoms with Crippen LogP contribution in [-0.2, 0) is 12.3 Å². The number of hydrogen-bond acceptors (Lipinski definition) is 4. The molecule has 108 valence electrons. The summed E-state index contributed by atoms with van der Waals surface area (Å²) < 4.78 is 0. The first kappa shape index (κ1) is 15.5. The predicted molar refractivity (Wildman–Crippen MR) is 89.4 cm³/mol. The van der Waals surface area contributed by atoms with Gasteiger partial charge in [0.05, 0.1) is 5.75 Å². The van der Waals surface area contributed by atoms with Gasteiger partial charge in [-0.1, -0.05) is 17.7 Å². The van der Waals surface area contributed by atoms with Crippen molar-refractivity contribution in [2.45, 2.75) is 50.4 Å². The van der Waals surface area contributed by atoms with Gasteiger partial charge in [-0.25, -0.2) is 4.98 Å². The van der Waals surface area contributed by atoms with E-state index in [4.69, 9.17) is 0 Å². The fourth-order valence-corrected chi connectivity index (χ4v) is 3.58. The van der Waals surface area contributed by atoms with Crippen LogP contribution < -0.4 is 5.32 Å². The topological polar surface area (TPSA) is 24.9 Å². The Balaban J connectivity index is 1.87. The van der Waals surface area contributed by atoms with Crippen molar-refractivity contribution in [1.82, 2.24) is 10.3 Å². The van der Waals surface area contributed by atoms with Crippen molar-refractivity contribution in [2.75, 3.05) is 0 Å². The molecule has 1 N–H and O–H groups in total. The smallest absolute Gasteiger partial charge is 0.103 e. The second kappa shape index (κ2) is 6.74. The number of thioether (sulfide) groups is 1. The summed E-state index contributed by atoms with van der Waals surface area (Å²) in [4.78, 5) is 7.13. The maximum atomic E-state index is 4.51. The van der Waals surface area contributed by atoms with E-state index < -0.39 is 0 Å². The fraction of sp³-hybridized carbons (Fsp3) is 0.438. The molecule has 4 heteroatoms. The molecular weight excluding hydrogens is 284 g/mol. The molecule has 0 fully saturated rings. The minimum absolute atomic E-state index is 0.153. The van der Waals surface area contributed by atoms with E-state index in [0.717, 1.165) is 12.3 Å². The van der Waals surface area contributed by atoms with Gasteiger partial charge in [-0.15, -0.1) is 23.1 Å². The van der Waals surface area contributed by atoms with Crippen LogP contribution in [0, 0.1) is 6.92 Å². The van der Waals surface area contributed by atoms with Gasteiger partial charge in [-0.3, -0.25) is 0 Å². The van der Waals surface area contributed by atoms with E-state index in [9.17, 15) is 0 Å². The molecule has 0 atom stereocenters. The summed E-state index contributed by atoms with van der Waals surface area (Å²) in [7, 11) is 0. The highest BCUT2D eigenvalue weighted by molar-refractivity contribution is 7.98. The Morgan fingerprint density at radius 2 is 2.10 bits per heavy atom. The second-order valence-corrected chi connectivity index (χ2v) is 8.18. The van der Waals surface area contributed by atoms with Crippen molar-refractivity contribution in [2.24, 2.45) is 0 Å². The number of aryl methyl sites for hydroxylation is 1. The monoisotopic (exact) mass is 306 g/mol. The lowest BCUT2D eigenvalue weighted by Gasteiger charge is -2.19. The summed E-state index contributed by atoms with van der Waals surface area (Å²) in [5, 5.41) is 4.69. The quantitative estimate of drug-likeness (QED) is 0.815. The molecule has 0 saturated carbocycles. The highest BCUT2D eigenvalue weighted by Gasteiger charge is 2.10. The van der Waals surface area contributed by atoms with Gasteiger partial charge in [0.2, 0.25) is 0 Å². The maximum Gasteiger partial charge on any atom is 0.103 e. The van der Waals surface area contributed by atoms with Gasteiger partial charge < -0.3 is 5.32 Å². The van der Waals surface area contributed by atoms with E-state index in [1.54, 1.807) is 11.3 Å². The maximum absolute atomic E-state index is 4.51. The summed E-state index contributed by atoms with van der Waals surface area (Å²) >= 11 is 3.65. The molecule has 20 heavy (non-hydrogen) atoms. The number of rotatable bonds is 5. The molecule has 0 aliphatic rings. The lowest BCUT2D eigenvalue weighted by molar-refractivity contribution is 0.426. The molecule has 0 radical (unpaired) electrons. The molecular formula is C16H22N2S2. The van der Waals surface area contributed by atoms with Crippen LogP contribution in [0.15, 0.2) is 35.4 Å². The minimum atomic E-state index is 0.153. The van der Waals surface area contributed by atoms with Gasteiger partial charge in [0, 0.05) is 28.1 Å². The van der Waals surface area contributed by atoms with Gasteiger partial charge >= 0.3 is 0 Å². The molecule has 2 nitrogen and oxygen atoms in total. The van der Waals surface area contributed by atoms with E-state index in [1.165, 1.54) is 20.3 Å². The summed E-state index contributed by atoms with van der Waals surface area (Å²) in [6, 6.07) is 8.62. The number of benzene rings is 1. The molecule has 0 spiro atoms. The molecule has 0 saturated heterocycles. The Morgan fingerprint density at radius 1 is 1.30 bits per heavy atom. The highest BCUT2D eigenvalue weighted by atomic mass is 32.2. The van der Waals surface area contributed by atoms with E-state index in [1.807, 2.05) is 18.0 Å². The first-order valence-electron chi connectivity index (χ1n) is 6.80. The SMILES string of the molecule is Cc1cccc(SCc2ncc(CNC(C)(C)C)s2)c1. The number of nitrogens with one attached hydrogen (secondary N) is 1. The van der Waals surface area contributed by atoms with Crippen molar-refractivity contribution in [1.29, 1.82) is 0 Å². The summed E-state index contributed by atoms with van der Waals surface area (Å²) in [5.74, 6) is 0.948. The van der Waals surface area contributed by atoms with Crippen LogP contribution in [0.4, 0.5) is 0 Å². The number of nitrogens with zero attached hydrogens (tertiary/aromatic N) is 1. The van der Waals surface area contributed by atoms with Crippen molar-refractivity contribution in [3.05, 3.63) is 45.9 Å². The molecule has 0 unspecified atom stereocenters. The van der Waals surface area contributed by atoms with Crippen LogP contribution in [0.2, 0.25) is 0 Å². The van der Waals surface area contributed by atoms with Gasteiger partial charge in [-0.05, 0) is 39.8 Å². The van der Waals surface area contributed by atoms with Gasteiger partial charge in [0.1, 0.15) is 5.01 Å². The third kappa shape index (κ3) is 5.27. The van der Waals surface area contributed by atoms with E-state index in [2.05, 4.69) is 62.3 Å². The Kier molecular flexibility index (Phi) is 5.24. The van der Waals surface area contributed by atoms with Crippen LogP contribution in [0.5, 0.6) is 0 Å². The standard InChI is InChI=1S/C16H22N2S2/c1-12-6-5-7-13(8-12)19-11-15-17-9-14(20-15)10-18-16(2,3)4/h5-9,18H,10-11H2,1-4H3. The van der Waals surface area contributed by atoms with Crippen molar-refractivity contribution < 1.29 is 0 Å². The first-order valence-corrected chi connectivity index (χ1v) is 8.61. The minimum Gasteiger partial charge on any atom is -0.307 e. The van der Waals surface area contributed by atoms with Crippen LogP contribution >= 0.6 is 23.1 Å². The first-order chi connectivity index (χ1) is 9.42. The van der Waals surface area contributed by atoms with Crippen molar-refractivity contribution >= 4 is 23.1 Å². The third-order valence-corrected chi connectivity index (χ3v) is 4.93. The zero-order valence-electron chi connectivity index (χ0n) is 12.6. The molecule has 1 aromatic carbocycles. The van der Waals surface area contributed by atoms with Gasteiger partial charge in [-0.2, -0.15) is 0 Å². The number of thiazole rings is 1. The van der Waals surface area contributed by atoms with Crippen LogP contribution in [0.1, 0.15) is 36.2 Å². The number of aromatic nitrogens is 1. The molecule has 2 rings (SSSR count). The van der Waals surface area contributed by atoms with Gasteiger partial charge in [0.15, 0.2) is 0 Å². The molecule has 1 aromatic heterocycles. The second-order valence-electron chi connectivity index (χ2n) is 5.93. The molecule has 0 aliphatic heterocycles. The lowest BCUT2D eigenvalue weighted by atomic mass is 10.1. The zero-order chi connectivity index (χ0) is 14.6. The Bertz CT molecular complexity index is 556. The normalized spacial score (nSPS) is 11.8. The average Bonchev–Trinajstić information content (AvgIpc) is 2.81. The van der Waals surface area contributed by atoms with Crippen LogP contribution in [-0.4, -0.2) is 10.5 Å². The third-order valence-electron chi connectivity index (χ3n) is 2.75. The highest BCUT2D eigenvalue weighted by Crippen LogP contribution is 2.25. The lowest BCUT2D eigenvalue weighted by Crippen LogP contribution is -2.34. The van der Waals surface area contributed by atoms with E-state index in [0.29, 0.717) is 0 Å². The van der Waals surface area contributed by atoms with E-state index >= 15 is 0 Å². The summed E-state index contributed by atoms with van der Waals surface area (Å²) in [5.41, 5.74) is 1.46.